The van der Waals surface area contributed by atoms with Crippen molar-refractivity contribution in [1.82, 2.24) is 0 Å². The Bertz CT molecular complexity index is 1260. The molecule has 3 aromatic carbocycles. The molecule has 2 N–H and O–H groups in total. The number of nitrogens with one attached hydrogen (secondary N) is 2. The lowest BCUT2D eigenvalue weighted by Crippen LogP contribution is -2.16. The highest BCUT2D eigenvalue weighted by Crippen LogP contribution is 2.34. The minimum atomic E-state index is -3.76. The van der Waals surface area contributed by atoms with Gasteiger partial charge in [-0.05, 0) is 36.4 Å². The van der Waals surface area contributed by atoms with E-state index >= 15 is 0 Å². The molecule has 1 amide bonds. The van der Waals surface area contributed by atoms with Crippen molar-refractivity contribution in [3.63, 3.8) is 0 Å². The lowest BCUT2D eigenvalue weighted by molar-refractivity contribution is 0.0601. The first-order valence-corrected chi connectivity index (χ1v) is 11.1. The summed E-state index contributed by atoms with van der Waals surface area (Å²) in [5.41, 5.74) is 0.772. The summed E-state index contributed by atoms with van der Waals surface area (Å²) in [6, 6.07) is 16.6. The monoisotopic (exact) mass is 470 g/mol. The van der Waals surface area contributed by atoms with Crippen LogP contribution in [0, 0.1) is 0 Å². The van der Waals surface area contributed by atoms with Crippen LogP contribution in [0.1, 0.15) is 20.7 Å². The molecule has 0 aromatic heterocycles. The van der Waals surface area contributed by atoms with Crippen molar-refractivity contribution in [3.05, 3.63) is 77.9 Å². The second-order valence-corrected chi connectivity index (χ2v) is 8.38. The maximum atomic E-state index is 12.8. The van der Waals surface area contributed by atoms with Crippen molar-refractivity contribution in [3.8, 4) is 11.5 Å². The van der Waals surface area contributed by atoms with E-state index in [9.17, 15) is 18.0 Å². The van der Waals surface area contributed by atoms with Crippen LogP contribution in [-0.2, 0) is 14.8 Å². The number of benzene rings is 3. The molecule has 10 heteroatoms. The van der Waals surface area contributed by atoms with E-state index in [0.29, 0.717) is 11.5 Å². The number of sulfonamides is 1. The van der Waals surface area contributed by atoms with E-state index in [-0.39, 0.29) is 27.4 Å². The standard InChI is InChI=1S/C23H22N2O7S/c1-30-20-13-18(23(27)32-3)19(14-21(20)31-2)24-22(26)15-9-11-16(12-10-15)25-33(28,29)17-7-5-4-6-8-17/h4-14,25H,1-3H3,(H,24,26). The van der Waals surface area contributed by atoms with Gasteiger partial charge in [-0.2, -0.15) is 0 Å². The fraction of sp³-hybridized carbons (Fsp3) is 0.130. The number of carbonyl (C=O) groups excluding carboxylic acids is 2. The zero-order valence-electron chi connectivity index (χ0n) is 18.1. The molecule has 0 fully saturated rings. The number of hydrogen-bond donors (Lipinski definition) is 2. The van der Waals surface area contributed by atoms with Gasteiger partial charge in [-0.25, -0.2) is 13.2 Å². The normalized spacial score (nSPS) is 10.8. The molecular weight excluding hydrogens is 448 g/mol. The maximum absolute atomic E-state index is 12.8. The molecule has 0 radical (unpaired) electrons. The number of amides is 1. The predicted octanol–water partition coefficient (Wildman–Crippen LogP) is 3.54. The second-order valence-electron chi connectivity index (χ2n) is 6.69. The molecule has 3 aromatic rings. The van der Waals surface area contributed by atoms with Gasteiger partial charge in [-0.15, -0.1) is 0 Å². The van der Waals surface area contributed by atoms with E-state index in [4.69, 9.17) is 14.2 Å². The van der Waals surface area contributed by atoms with E-state index in [2.05, 4.69) is 10.0 Å². The summed E-state index contributed by atoms with van der Waals surface area (Å²) in [4.78, 5) is 25.1. The molecule has 0 saturated carbocycles. The van der Waals surface area contributed by atoms with E-state index in [0.717, 1.165) is 0 Å². The third-order valence-corrected chi connectivity index (χ3v) is 6.03. The molecule has 0 spiro atoms. The maximum Gasteiger partial charge on any atom is 0.340 e. The Balaban J connectivity index is 1.82. The number of ether oxygens (including phenoxy) is 3. The van der Waals surface area contributed by atoms with Gasteiger partial charge in [0.25, 0.3) is 15.9 Å². The van der Waals surface area contributed by atoms with Crippen LogP contribution in [0.15, 0.2) is 71.6 Å². The van der Waals surface area contributed by atoms with Gasteiger partial charge in [0.15, 0.2) is 11.5 Å². The van der Waals surface area contributed by atoms with Gasteiger partial charge in [0.1, 0.15) is 0 Å². The highest BCUT2D eigenvalue weighted by atomic mass is 32.2. The van der Waals surface area contributed by atoms with Gasteiger partial charge >= 0.3 is 5.97 Å². The first kappa shape index (κ1) is 23.6. The van der Waals surface area contributed by atoms with Crippen LogP contribution >= 0.6 is 0 Å². The Labute approximate surface area is 191 Å². The molecule has 0 aliphatic heterocycles. The molecule has 3 rings (SSSR count). The summed E-state index contributed by atoms with van der Waals surface area (Å²) in [5.74, 6) is -0.584. The van der Waals surface area contributed by atoms with Gasteiger partial charge in [0, 0.05) is 23.4 Å². The van der Waals surface area contributed by atoms with E-state index < -0.39 is 21.9 Å². The lowest BCUT2D eigenvalue weighted by Gasteiger charge is -2.15. The van der Waals surface area contributed by atoms with Gasteiger partial charge in [-0.3, -0.25) is 9.52 Å². The predicted molar refractivity (Wildman–Crippen MR) is 123 cm³/mol. The van der Waals surface area contributed by atoms with Crippen molar-refractivity contribution in [1.29, 1.82) is 0 Å². The van der Waals surface area contributed by atoms with Crippen LogP contribution in [0.2, 0.25) is 0 Å². The third kappa shape index (κ3) is 5.42. The zero-order valence-corrected chi connectivity index (χ0v) is 18.9. The Morgan fingerprint density at radius 3 is 2.00 bits per heavy atom. The molecule has 0 aliphatic rings. The van der Waals surface area contributed by atoms with Gasteiger partial charge < -0.3 is 19.5 Å². The Morgan fingerprint density at radius 1 is 0.818 bits per heavy atom. The van der Waals surface area contributed by atoms with Crippen LogP contribution in [0.5, 0.6) is 11.5 Å². The average molecular weight is 471 g/mol. The molecule has 0 saturated heterocycles. The lowest BCUT2D eigenvalue weighted by atomic mass is 10.1. The van der Waals surface area contributed by atoms with E-state index in [1.54, 1.807) is 18.2 Å². The second kappa shape index (κ2) is 10.0. The Hall–Kier alpha value is -4.05. The van der Waals surface area contributed by atoms with Crippen LogP contribution < -0.4 is 19.5 Å². The number of hydrogen-bond acceptors (Lipinski definition) is 7. The average Bonchev–Trinajstić information content (AvgIpc) is 2.84. The Morgan fingerprint density at radius 2 is 1.42 bits per heavy atom. The summed E-state index contributed by atoms with van der Waals surface area (Å²) in [5, 5.41) is 2.65. The summed E-state index contributed by atoms with van der Waals surface area (Å²) >= 11 is 0. The van der Waals surface area contributed by atoms with E-state index in [1.165, 1.54) is 69.9 Å². The highest BCUT2D eigenvalue weighted by molar-refractivity contribution is 7.92. The van der Waals surface area contributed by atoms with Crippen molar-refractivity contribution in [2.45, 2.75) is 4.90 Å². The molecular formula is C23H22N2O7S. The number of anilines is 2. The highest BCUT2D eigenvalue weighted by Gasteiger charge is 2.20. The quantitative estimate of drug-likeness (QED) is 0.483. The molecule has 0 heterocycles. The summed E-state index contributed by atoms with van der Waals surface area (Å²) in [7, 11) is 0.315. The fourth-order valence-corrected chi connectivity index (χ4v) is 4.04. The summed E-state index contributed by atoms with van der Waals surface area (Å²) < 4.78 is 42.6. The third-order valence-electron chi connectivity index (χ3n) is 4.63. The number of rotatable bonds is 8. The number of esters is 1. The summed E-state index contributed by atoms with van der Waals surface area (Å²) in [6.07, 6.45) is 0. The molecule has 0 bridgehead atoms. The molecule has 33 heavy (non-hydrogen) atoms. The molecule has 172 valence electrons. The van der Waals surface area contributed by atoms with Gasteiger partial charge in [-0.1, -0.05) is 18.2 Å². The SMILES string of the molecule is COC(=O)c1cc(OC)c(OC)cc1NC(=O)c1ccc(NS(=O)(=O)c2ccccc2)cc1. The van der Waals surface area contributed by atoms with Crippen molar-refractivity contribution in [2.24, 2.45) is 0 Å². The first-order chi connectivity index (χ1) is 15.8. The van der Waals surface area contributed by atoms with E-state index in [1.807, 2.05) is 0 Å². The van der Waals surface area contributed by atoms with Crippen LogP contribution in [0.25, 0.3) is 0 Å². The topological polar surface area (TPSA) is 120 Å². The fourth-order valence-electron chi connectivity index (χ4n) is 2.96. The minimum absolute atomic E-state index is 0.0794. The van der Waals surface area contributed by atoms with Crippen LogP contribution in [-0.4, -0.2) is 41.6 Å². The number of carbonyl (C=O) groups is 2. The van der Waals surface area contributed by atoms with Gasteiger partial charge in [0.05, 0.1) is 37.5 Å². The minimum Gasteiger partial charge on any atom is -0.493 e. The molecule has 0 unspecified atom stereocenters. The summed E-state index contributed by atoms with van der Waals surface area (Å²) in [6.45, 7) is 0. The molecule has 9 nitrogen and oxygen atoms in total. The number of methoxy groups -OCH3 is 3. The van der Waals surface area contributed by atoms with Crippen molar-refractivity contribution in [2.75, 3.05) is 31.4 Å². The van der Waals surface area contributed by atoms with Gasteiger partial charge in [0.2, 0.25) is 0 Å². The van der Waals surface area contributed by atoms with Crippen LogP contribution in [0.4, 0.5) is 11.4 Å². The largest absolute Gasteiger partial charge is 0.493 e. The first-order valence-electron chi connectivity index (χ1n) is 9.62. The molecule has 0 aliphatic carbocycles. The van der Waals surface area contributed by atoms with Crippen molar-refractivity contribution < 1.29 is 32.2 Å². The zero-order chi connectivity index (χ0) is 24.0. The molecule has 0 atom stereocenters. The smallest absolute Gasteiger partial charge is 0.340 e. The Kier molecular flexibility index (Phi) is 7.19. The van der Waals surface area contributed by atoms with Crippen molar-refractivity contribution >= 4 is 33.3 Å². The van der Waals surface area contributed by atoms with Crippen LogP contribution in [0.3, 0.4) is 0 Å².